The van der Waals surface area contributed by atoms with Gasteiger partial charge in [0.25, 0.3) is 0 Å². The Kier molecular flexibility index (Phi) is 4.30. The van der Waals surface area contributed by atoms with E-state index in [9.17, 15) is 0 Å². The fourth-order valence-corrected chi connectivity index (χ4v) is 3.54. The predicted molar refractivity (Wildman–Crippen MR) is 97.9 cm³/mol. The van der Waals surface area contributed by atoms with Gasteiger partial charge in [-0.05, 0) is 23.1 Å². The maximum Gasteiger partial charge on any atom is 0.223 e. The molecule has 0 amide bonds. The van der Waals surface area contributed by atoms with Crippen LogP contribution in [0.5, 0.6) is 11.5 Å². The molecule has 8 heteroatoms. The number of nitrogen functional groups attached to an aromatic ring is 2. The molecular weight excluding hydrogens is 326 g/mol. The third-order valence-corrected chi connectivity index (χ3v) is 4.68. The van der Waals surface area contributed by atoms with E-state index in [0.717, 1.165) is 33.0 Å². The first-order valence-corrected chi connectivity index (χ1v) is 8.13. The summed E-state index contributed by atoms with van der Waals surface area (Å²) in [4.78, 5) is 11.2. The zero-order chi connectivity index (χ0) is 17.3. The lowest BCUT2D eigenvalue weighted by Crippen LogP contribution is -2.17. The van der Waals surface area contributed by atoms with Gasteiger partial charge in [-0.15, -0.1) is 11.3 Å². The van der Waals surface area contributed by atoms with Gasteiger partial charge in [0.15, 0.2) is 0 Å². The Bertz CT molecular complexity index is 880. The molecule has 2 heterocycles. The Morgan fingerprint density at radius 2 is 1.96 bits per heavy atom. The zero-order valence-electron chi connectivity index (χ0n) is 13.7. The minimum absolute atomic E-state index is 0.191. The largest absolute Gasteiger partial charge is 0.497 e. The molecule has 0 saturated carbocycles. The number of rotatable bonds is 5. The molecule has 0 aliphatic carbocycles. The van der Waals surface area contributed by atoms with E-state index in [4.69, 9.17) is 20.9 Å². The number of hydrogen-bond donors (Lipinski definition) is 2. The van der Waals surface area contributed by atoms with Gasteiger partial charge in [-0.2, -0.15) is 4.98 Å². The summed E-state index contributed by atoms with van der Waals surface area (Å²) in [6.07, 6.45) is 0. The van der Waals surface area contributed by atoms with Gasteiger partial charge in [-0.3, -0.25) is 0 Å². The van der Waals surface area contributed by atoms with Crippen molar-refractivity contribution < 1.29 is 9.47 Å². The van der Waals surface area contributed by atoms with E-state index in [1.807, 2.05) is 30.6 Å². The first-order valence-electron chi connectivity index (χ1n) is 7.25. The molecule has 126 valence electrons. The van der Waals surface area contributed by atoms with Crippen molar-refractivity contribution in [3.05, 3.63) is 29.1 Å². The Morgan fingerprint density at radius 3 is 2.67 bits per heavy atom. The van der Waals surface area contributed by atoms with Crippen molar-refractivity contribution in [2.45, 2.75) is 6.54 Å². The molecule has 7 nitrogen and oxygen atoms in total. The van der Waals surface area contributed by atoms with Gasteiger partial charge in [0.1, 0.15) is 22.1 Å². The minimum Gasteiger partial charge on any atom is -0.497 e. The number of benzene rings is 1. The molecule has 2 aromatic heterocycles. The highest BCUT2D eigenvalue weighted by Crippen LogP contribution is 2.35. The number of methoxy groups -OCH3 is 2. The summed E-state index contributed by atoms with van der Waals surface area (Å²) in [5, 5.41) is 2.88. The summed E-state index contributed by atoms with van der Waals surface area (Å²) in [6, 6.07) is 5.69. The number of anilines is 3. The maximum atomic E-state index is 6.03. The van der Waals surface area contributed by atoms with Gasteiger partial charge in [0, 0.05) is 19.7 Å². The number of thiophene rings is 1. The first kappa shape index (κ1) is 16.1. The smallest absolute Gasteiger partial charge is 0.223 e. The zero-order valence-corrected chi connectivity index (χ0v) is 14.6. The normalized spacial score (nSPS) is 10.8. The summed E-state index contributed by atoms with van der Waals surface area (Å²) in [6.45, 7) is 0.626. The fourth-order valence-electron chi connectivity index (χ4n) is 2.60. The van der Waals surface area contributed by atoms with Crippen LogP contribution in [0.2, 0.25) is 0 Å². The van der Waals surface area contributed by atoms with Crippen molar-refractivity contribution >= 4 is 39.0 Å². The third kappa shape index (κ3) is 2.88. The number of hydrogen-bond acceptors (Lipinski definition) is 8. The molecule has 24 heavy (non-hydrogen) atoms. The second kappa shape index (κ2) is 6.40. The van der Waals surface area contributed by atoms with Crippen LogP contribution >= 0.6 is 11.3 Å². The van der Waals surface area contributed by atoms with Gasteiger partial charge in [0.05, 0.1) is 25.3 Å². The Labute approximate surface area is 143 Å². The molecule has 3 rings (SSSR count). The van der Waals surface area contributed by atoms with Gasteiger partial charge in [-0.25, -0.2) is 4.98 Å². The van der Waals surface area contributed by atoms with Crippen LogP contribution in [0.1, 0.15) is 5.56 Å². The van der Waals surface area contributed by atoms with E-state index in [-0.39, 0.29) is 5.95 Å². The van der Waals surface area contributed by atoms with Crippen molar-refractivity contribution in [1.29, 1.82) is 0 Å². The highest BCUT2D eigenvalue weighted by Gasteiger charge is 2.15. The van der Waals surface area contributed by atoms with Crippen LogP contribution in [0.15, 0.2) is 23.6 Å². The predicted octanol–water partition coefficient (Wildman–Crippen LogP) is 2.51. The van der Waals surface area contributed by atoms with E-state index in [0.29, 0.717) is 12.4 Å². The Hall–Kier alpha value is -2.74. The van der Waals surface area contributed by atoms with Crippen molar-refractivity contribution in [2.24, 2.45) is 0 Å². The van der Waals surface area contributed by atoms with Crippen LogP contribution < -0.4 is 25.8 Å². The van der Waals surface area contributed by atoms with E-state index < -0.39 is 0 Å². The van der Waals surface area contributed by atoms with Crippen LogP contribution in [-0.2, 0) is 6.54 Å². The molecule has 0 atom stereocenters. The monoisotopic (exact) mass is 345 g/mol. The lowest BCUT2D eigenvalue weighted by molar-refractivity contribution is 0.403. The fraction of sp³-hybridized carbons (Fsp3) is 0.250. The summed E-state index contributed by atoms with van der Waals surface area (Å²) in [7, 11) is 5.27. The molecule has 0 radical (unpaired) electrons. The molecule has 1 aromatic carbocycles. The van der Waals surface area contributed by atoms with Crippen LogP contribution in [0, 0.1) is 0 Å². The second-order valence-corrected chi connectivity index (χ2v) is 6.16. The molecule has 0 unspecified atom stereocenters. The van der Waals surface area contributed by atoms with Crippen LogP contribution in [-0.4, -0.2) is 31.2 Å². The molecule has 0 spiro atoms. The lowest BCUT2D eigenvalue weighted by atomic mass is 10.2. The summed E-state index contributed by atoms with van der Waals surface area (Å²) >= 11 is 1.50. The van der Waals surface area contributed by atoms with Crippen molar-refractivity contribution in [2.75, 3.05) is 37.6 Å². The van der Waals surface area contributed by atoms with Crippen LogP contribution in [0.25, 0.3) is 10.2 Å². The summed E-state index contributed by atoms with van der Waals surface area (Å²) < 4.78 is 10.8. The van der Waals surface area contributed by atoms with E-state index in [1.54, 1.807) is 14.2 Å². The lowest BCUT2D eigenvalue weighted by Gasteiger charge is -2.22. The molecule has 0 aliphatic heterocycles. The summed E-state index contributed by atoms with van der Waals surface area (Å²) in [5.74, 6) is 2.13. The van der Waals surface area contributed by atoms with E-state index >= 15 is 0 Å². The van der Waals surface area contributed by atoms with E-state index in [1.165, 1.54) is 11.3 Å². The molecule has 0 saturated heterocycles. The molecule has 0 bridgehead atoms. The quantitative estimate of drug-likeness (QED) is 0.733. The highest BCUT2D eigenvalue weighted by atomic mass is 32.1. The average molecular weight is 345 g/mol. The van der Waals surface area contributed by atoms with Crippen LogP contribution in [0.3, 0.4) is 0 Å². The van der Waals surface area contributed by atoms with Gasteiger partial charge >= 0.3 is 0 Å². The number of ether oxygens (including phenoxy) is 2. The molecule has 0 fully saturated rings. The van der Waals surface area contributed by atoms with Crippen molar-refractivity contribution in [3.8, 4) is 11.5 Å². The Balaban J connectivity index is 1.97. The molecular formula is C16H19N5O2S. The van der Waals surface area contributed by atoms with Crippen LogP contribution in [0.4, 0.5) is 17.5 Å². The summed E-state index contributed by atoms with van der Waals surface area (Å²) in [5.41, 5.74) is 13.7. The average Bonchev–Trinajstić information content (AvgIpc) is 2.96. The Morgan fingerprint density at radius 1 is 1.17 bits per heavy atom. The minimum atomic E-state index is 0.191. The van der Waals surface area contributed by atoms with Gasteiger partial charge < -0.3 is 25.8 Å². The number of nitrogens with zero attached hydrogens (tertiary/aromatic N) is 3. The maximum absolute atomic E-state index is 6.03. The first-order chi connectivity index (χ1) is 11.5. The van der Waals surface area contributed by atoms with Crippen molar-refractivity contribution in [1.82, 2.24) is 9.97 Å². The standard InChI is InChI=1S/C16H19N5O2S/c1-21(11-6-10(22-2)4-5-12(11)23-3)7-9-8-24-15-13(9)14(17)19-16(18)20-15/h4-6,8H,7H2,1-3H3,(H4,17,18,19,20). The molecule has 4 N–H and O–H groups in total. The topological polar surface area (TPSA) is 99.5 Å². The number of aromatic nitrogens is 2. The molecule has 0 aliphatic rings. The SMILES string of the molecule is COc1ccc(OC)c(N(C)Cc2csc3nc(N)nc(N)c23)c1. The van der Waals surface area contributed by atoms with Gasteiger partial charge in [-0.1, -0.05) is 0 Å². The van der Waals surface area contributed by atoms with Crippen molar-refractivity contribution in [3.63, 3.8) is 0 Å². The second-order valence-electron chi connectivity index (χ2n) is 5.30. The number of nitrogens with two attached hydrogens (primary N) is 2. The van der Waals surface area contributed by atoms with Gasteiger partial charge in [0.2, 0.25) is 5.95 Å². The highest BCUT2D eigenvalue weighted by molar-refractivity contribution is 7.17. The molecule has 3 aromatic rings. The van der Waals surface area contributed by atoms with E-state index in [2.05, 4.69) is 14.9 Å². The third-order valence-electron chi connectivity index (χ3n) is 3.76. The number of fused-ring (bicyclic) bond motifs is 1.